The van der Waals surface area contributed by atoms with Crippen molar-refractivity contribution in [3.05, 3.63) is 28.8 Å². The maximum Gasteiger partial charge on any atom is 0.102 e. The standard InChI is InChI=1S/C9H7N3/c1-6-7(4-10)2-3-9(12)8(6)5-11/h2-3H,12H2,1H3. The topological polar surface area (TPSA) is 73.6 Å². The SMILES string of the molecule is Cc1c(C#N)ccc(N)c1C#N. The van der Waals surface area contributed by atoms with Gasteiger partial charge in [-0.25, -0.2) is 0 Å². The first-order valence-electron chi connectivity index (χ1n) is 3.40. The van der Waals surface area contributed by atoms with E-state index in [1.165, 1.54) is 0 Å². The molecule has 12 heavy (non-hydrogen) atoms. The highest BCUT2D eigenvalue weighted by molar-refractivity contribution is 5.61. The molecule has 1 aromatic rings. The summed E-state index contributed by atoms with van der Waals surface area (Å²) >= 11 is 0. The van der Waals surface area contributed by atoms with Gasteiger partial charge in [-0.3, -0.25) is 0 Å². The van der Waals surface area contributed by atoms with Crippen molar-refractivity contribution < 1.29 is 0 Å². The molecule has 0 atom stereocenters. The minimum absolute atomic E-state index is 0.397. The van der Waals surface area contributed by atoms with E-state index in [-0.39, 0.29) is 0 Å². The van der Waals surface area contributed by atoms with Crippen LogP contribution in [0.3, 0.4) is 0 Å². The molecular weight excluding hydrogens is 150 g/mol. The summed E-state index contributed by atoms with van der Waals surface area (Å²) in [5.41, 5.74) is 7.50. The first kappa shape index (κ1) is 8.10. The average molecular weight is 157 g/mol. The van der Waals surface area contributed by atoms with Crippen molar-refractivity contribution in [1.82, 2.24) is 0 Å². The molecule has 0 amide bonds. The second-order valence-corrected chi connectivity index (χ2v) is 2.43. The van der Waals surface area contributed by atoms with Gasteiger partial charge >= 0.3 is 0 Å². The van der Waals surface area contributed by atoms with Crippen LogP contribution < -0.4 is 5.73 Å². The van der Waals surface area contributed by atoms with Gasteiger partial charge < -0.3 is 5.73 Å². The molecule has 2 N–H and O–H groups in total. The molecule has 3 nitrogen and oxygen atoms in total. The Labute approximate surface area is 70.7 Å². The van der Waals surface area contributed by atoms with E-state index in [0.717, 1.165) is 0 Å². The smallest absolute Gasteiger partial charge is 0.102 e. The lowest BCUT2D eigenvalue weighted by molar-refractivity contribution is 1.35. The van der Waals surface area contributed by atoms with Crippen LogP contribution in [0.2, 0.25) is 0 Å². The highest BCUT2D eigenvalue weighted by atomic mass is 14.6. The van der Waals surface area contributed by atoms with Gasteiger partial charge in [0.25, 0.3) is 0 Å². The zero-order valence-corrected chi connectivity index (χ0v) is 6.63. The molecule has 0 saturated carbocycles. The summed E-state index contributed by atoms with van der Waals surface area (Å²) in [6.07, 6.45) is 0. The Hall–Kier alpha value is -2.00. The van der Waals surface area contributed by atoms with E-state index >= 15 is 0 Å². The largest absolute Gasteiger partial charge is 0.398 e. The van der Waals surface area contributed by atoms with Gasteiger partial charge in [0.05, 0.1) is 17.2 Å². The van der Waals surface area contributed by atoms with Crippen LogP contribution in [0.15, 0.2) is 12.1 Å². The van der Waals surface area contributed by atoms with Crippen molar-refractivity contribution in [2.45, 2.75) is 6.92 Å². The average Bonchev–Trinajstić information content (AvgIpc) is 2.06. The van der Waals surface area contributed by atoms with Crippen molar-refractivity contribution >= 4 is 5.69 Å². The summed E-state index contributed by atoms with van der Waals surface area (Å²) in [5, 5.41) is 17.3. The van der Waals surface area contributed by atoms with Crippen LogP contribution in [0.1, 0.15) is 16.7 Å². The van der Waals surface area contributed by atoms with E-state index in [1.807, 2.05) is 12.1 Å². The van der Waals surface area contributed by atoms with Crippen molar-refractivity contribution in [3.8, 4) is 12.1 Å². The predicted octanol–water partition coefficient (Wildman–Crippen LogP) is 1.32. The van der Waals surface area contributed by atoms with Crippen molar-refractivity contribution in [3.63, 3.8) is 0 Å². The summed E-state index contributed by atoms with van der Waals surface area (Å²) in [6.45, 7) is 1.72. The molecule has 0 heterocycles. The molecule has 3 heteroatoms. The molecule has 0 aliphatic rings. The Kier molecular flexibility index (Phi) is 1.98. The second kappa shape index (κ2) is 2.94. The number of hydrogen-bond acceptors (Lipinski definition) is 3. The van der Waals surface area contributed by atoms with Gasteiger partial charge in [0.1, 0.15) is 6.07 Å². The van der Waals surface area contributed by atoms with Crippen molar-refractivity contribution in [1.29, 1.82) is 10.5 Å². The third kappa shape index (κ3) is 1.09. The van der Waals surface area contributed by atoms with E-state index in [9.17, 15) is 0 Å². The van der Waals surface area contributed by atoms with Crippen LogP contribution in [0.4, 0.5) is 5.69 Å². The number of anilines is 1. The molecule has 0 radical (unpaired) electrons. The van der Waals surface area contributed by atoms with Crippen LogP contribution in [-0.4, -0.2) is 0 Å². The van der Waals surface area contributed by atoms with Crippen LogP contribution in [0.25, 0.3) is 0 Å². The van der Waals surface area contributed by atoms with Crippen LogP contribution >= 0.6 is 0 Å². The third-order valence-electron chi connectivity index (χ3n) is 1.73. The number of nitriles is 2. The number of hydrogen-bond donors (Lipinski definition) is 1. The number of nitrogen functional groups attached to an aromatic ring is 1. The molecule has 1 aromatic carbocycles. The molecule has 0 fully saturated rings. The Morgan fingerprint density at radius 3 is 2.42 bits per heavy atom. The zero-order valence-electron chi connectivity index (χ0n) is 6.63. The van der Waals surface area contributed by atoms with Crippen molar-refractivity contribution in [2.24, 2.45) is 0 Å². The highest BCUT2D eigenvalue weighted by Crippen LogP contribution is 2.18. The quantitative estimate of drug-likeness (QED) is 0.577. The van der Waals surface area contributed by atoms with Crippen molar-refractivity contribution in [2.75, 3.05) is 5.73 Å². The van der Waals surface area contributed by atoms with Gasteiger partial charge in [-0.2, -0.15) is 10.5 Å². The molecule has 58 valence electrons. The minimum Gasteiger partial charge on any atom is -0.398 e. The molecule has 0 unspecified atom stereocenters. The molecule has 0 aliphatic heterocycles. The number of nitrogens with zero attached hydrogens (tertiary/aromatic N) is 2. The summed E-state index contributed by atoms with van der Waals surface area (Å²) < 4.78 is 0. The predicted molar refractivity (Wildman–Crippen MR) is 45.0 cm³/mol. The Morgan fingerprint density at radius 2 is 1.92 bits per heavy atom. The Morgan fingerprint density at radius 1 is 1.25 bits per heavy atom. The van der Waals surface area contributed by atoms with E-state index < -0.39 is 0 Å². The normalized spacial score (nSPS) is 8.58. The van der Waals surface area contributed by atoms with Gasteiger partial charge in [0.15, 0.2) is 0 Å². The second-order valence-electron chi connectivity index (χ2n) is 2.43. The van der Waals surface area contributed by atoms with Crippen LogP contribution in [-0.2, 0) is 0 Å². The maximum atomic E-state index is 8.68. The molecule has 0 bridgehead atoms. The number of rotatable bonds is 0. The minimum atomic E-state index is 0.397. The van der Waals surface area contributed by atoms with Gasteiger partial charge in [0, 0.05) is 5.69 Å². The van der Waals surface area contributed by atoms with E-state index in [1.54, 1.807) is 19.1 Å². The first-order chi connectivity index (χ1) is 5.70. The Balaban J connectivity index is 3.50. The summed E-state index contributed by atoms with van der Waals surface area (Å²) in [7, 11) is 0. The molecule has 0 aliphatic carbocycles. The van der Waals surface area contributed by atoms with Gasteiger partial charge in [-0.1, -0.05) is 0 Å². The molecule has 1 rings (SSSR count). The van der Waals surface area contributed by atoms with Crippen LogP contribution in [0.5, 0.6) is 0 Å². The zero-order chi connectivity index (χ0) is 9.14. The molecule has 0 saturated heterocycles. The Bertz CT molecular complexity index is 393. The number of benzene rings is 1. The van der Waals surface area contributed by atoms with Gasteiger partial charge in [-0.15, -0.1) is 0 Å². The first-order valence-corrected chi connectivity index (χ1v) is 3.40. The lowest BCUT2D eigenvalue weighted by Crippen LogP contribution is -1.95. The fourth-order valence-electron chi connectivity index (χ4n) is 1.00. The lowest BCUT2D eigenvalue weighted by atomic mass is 10.0. The van der Waals surface area contributed by atoms with Gasteiger partial charge in [-0.05, 0) is 24.6 Å². The fraction of sp³-hybridized carbons (Fsp3) is 0.111. The van der Waals surface area contributed by atoms with Gasteiger partial charge in [0.2, 0.25) is 0 Å². The number of nitrogens with two attached hydrogens (primary N) is 1. The van der Waals surface area contributed by atoms with E-state index in [4.69, 9.17) is 16.3 Å². The molecule has 0 spiro atoms. The third-order valence-corrected chi connectivity index (χ3v) is 1.73. The van der Waals surface area contributed by atoms with E-state index in [0.29, 0.717) is 22.4 Å². The van der Waals surface area contributed by atoms with Crippen LogP contribution in [0, 0.1) is 29.6 Å². The molecule has 0 aromatic heterocycles. The summed E-state index contributed by atoms with van der Waals surface area (Å²) in [5.74, 6) is 0. The van der Waals surface area contributed by atoms with E-state index in [2.05, 4.69) is 0 Å². The maximum absolute atomic E-state index is 8.68. The summed E-state index contributed by atoms with van der Waals surface area (Å²) in [6, 6.07) is 7.14. The molecular formula is C9H7N3. The fourth-order valence-corrected chi connectivity index (χ4v) is 1.00. The summed E-state index contributed by atoms with van der Waals surface area (Å²) in [4.78, 5) is 0. The monoisotopic (exact) mass is 157 g/mol. The lowest BCUT2D eigenvalue weighted by Gasteiger charge is -2.01. The highest BCUT2D eigenvalue weighted by Gasteiger charge is 2.05.